The van der Waals surface area contributed by atoms with Gasteiger partial charge in [0.1, 0.15) is 0 Å². The maximum atomic E-state index is 8.92. The Labute approximate surface area is 171 Å². The number of ether oxygens (including phenoxy) is 1. The molecule has 0 aromatic heterocycles. The van der Waals surface area contributed by atoms with Crippen LogP contribution in [0.5, 0.6) is 0 Å². The highest BCUT2D eigenvalue weighted by Gasteiger charge is 2.13. The molecule has 164 valence electrons. The molecule has 0 spiro atoms. The van der Waals surface area contributed by atoms with Crippen LogP contribution < -0.4 is 0 Å². The molecule has 1 N–H and O–H groups in total. The van der Waals surface area contributed by atoms with E-state index >= 15 is 0 Å². The molecule has 0 saturated carbocycles. The topological polar surface area (TPSA) is 29.5 Å². The molecule has 0 aliphatic heterocycles. The first-order valence-corrected chi connectivity index (χ1v) is 12.1. The van der Waals surface area contributed by atoms with E-state index in [0.29, 0.717) is 6.61 Å². The summed E-state index contributed by atoms with van der Waals surface area (Å²) in [5.74, 6) is 0. The molecule has 0 atom stereocenters. The zero-order valence-electron chi connectivity index (χ0n) is 19.2. The second-order valence-corrected chi connectivity index (χ2v) is 9.02. The molecular weight excluding hydrogens is 334 g/mol. The van der Waals surface area contributed by atoms with Crippen molar-refractivity contribution >= 4 is 0 Å². The summed E-state index contributed by atoms with van der Waals surface area (Å²) in [6, 6.07) is 0. The summed E-state index contributed by atoms with van der Waals surface area (Å²) in [7, 11) is 4.48. The molecule has 0 aliphatic rings. The van der Waals surface area contributed by atoms with Crippen molar-refractivity contribution in [3.63, 3.8) is 0 Å². The fraction of sp³-hybridized carbons (Fsp3) is 1.00. The molecule has 0 aliphatic carbocycles. The summed E-state index contributed by atoms with van der Waals surface area (Å²) in [5.41, 5.74) is 0. The first-order valence-electron chi connectivity index (χ1n) is 12.1. The normalized spacial score (nSPS) is 12.0. The van der Waals surface area contributed by atoms with Crippen molar-refractivity contribution in [2.75, 3.05) is 47.0 Å². The van der Waals surface area contributed by atoms with Crippen molar-refractivity contribution in [3.8, 4) is 0 Å². The van der Waals surface area contributed by atoms with E-state index in [-0.39, 0.29) is 0 Å². The molecule has 0 rings (SSSR count). The van der Waals surface area contributed by atoms with E-state index < -0.39 is 0 Å². The van der Waals surface area contributed by atoms with Crippen LogP contribution in [0.4, 0.5) is 0 Å². The van der Waals surface area contributed by atoms with E-state index in [1.54, 1.807) is 0 Å². The third kappa shape index (κ3) is 22.0. The fourth-order valence-corrected chi connectivity index (χ4v) is 3.71. The smallest absolute Gasteiger partial charge is 0.0804 e. The predicted octanol–water partition coefficient (Wildman–Crippen LogP) is 6.33. The van der Waals surface area contributed by atoms with Gasteiger partial charge in [-0.2, -0.15) is 0 Å². The number of quaternary nitrogens is 1. The van der Waals surface area contributed by atoms with Gasteiger partial charge in [0, 0.05) is 26.1 Å². The number of aliphatic hydroxyl groups excluding tert-OH is 1. The van der Waals surface area contributed by atoms with Gasteiger partial charge in [0.2, 0.25) is 0 Å². The molecule has 3 heteroatoms. The molecule has 0 amide bonds. The van der Waals surface area contributed by atoms with E-state index in [1.165, 1.54) is 89.9 Å². The van der Waals surface area contributed by atoms with Gasteiger partial charge in [0.15, 0.2) is 0 Å². The first-order chi connectivity index (χ1) is 13.1. The molecule has 0 aromatic rings. The molecule has 0 fully saturated rings. The standard InChI is InChI=1S/C24H52NO2/c1-4-5-6-7-8-9-10-11-12-13-14-15-16-17-23-27-24-19-21-25(2,3)20-18-22-26/h26H,4-24H2,1-3H3/q+1. The highest BCUT2D eigenvalue weighted by Crippen LogP contribution is 2.13. The van der Waals surface area contributed by atoms with Crippen LogP contribution in [0, 0.1) is 0 Å². The molecule has 0 heterocycles. The molecule has 0 radical (unpaired) electrons. The summed E-state index contributed by atoms with van der Waals surface area (Å²) in [6.07, 6.45) is 21.7. The third-order valence-electron chi connectivity index (χ3n) is 5.62. The summed E-state index contributed by atoms with van der Waals surface area (Å²) in [5, 5.41) is 8.92. The summed E-state index contributed by atoms with van der Waals surface area (Å²) < 4.78 is 6.77. The highest BCUT2D eigenvalue weighted by molar-refractivity contribution is 4.49. The number of nitrogens with zero attached hydrogens (tertiary/aromatic N) is 1. The Bertz CT molecular complexity index is 282. The lowest BCUT2D eigenvalue weighted by Gasteiger charge is -2.29. The lowest BCUT2D eigenvalue weighted by atomic mass is 10.0. The van der Waals surface area contributed by atoms with E-state index in [1.807, 2.05) is 0 Å². The Morgan fingerprint density at radius 1 is 0.556 bits per heavy atom. The molecule has 0 bridgehead atoms. The molecular formula is C24H52NO2+. The van der Waals surface area contributed by atoms with Crippen LogP contribution in [0.3, 0.4) is 0 Å². The van der Waals surface area contributed by atoms with Crippen molar-refractivity contribution in [1.82, 2.24) is 0 Å². The Morgan fingerprint density at radius 2 is 0.963 bits per heavy atom. The predicted molar refractivity (Wildman–Crippen MR) is 119 cm³/mol. The maximum Gasteiger partial charge on any atom is 0.0804 e. The summed E-state index contributed by atoms with van der Waals surface area (Å²) in [6.45, 7) is 6.60. The number of unbranched alkanes of at least 4 members (excludes halogenated alkanes) is 13. The number of rotatable bonds is 22. The van der Waals surface area contributed by atoms with Gasteiger partial charge < -0.3 is 14.3 Å². The van der Waals surface area contributed by atoms with Crippen LogP contribution in [0.15, 0.2) is 0 Å². The highest BCUT2D eigenvalue weighted by atomic mass is 16.5. The first kappa shape index (κ1) is 26.9. The Hall–Kier alpha value is -0.120. The van der Waals surface area contributed by atoms with Crippen LogP contribution in [-0.2, 0) is 4.74 Å². The third-order valence-corrected chi connectivity index (χ3v) is 5.62. The number of hydrogen-bond acceptors (Lipinski definition) is 2. The van der Waals surface area contributed by atoms with Crippen LogP contribution in [-0.4, -0.2) is 56.6 Å². The van der Waals surface area contributed by atoms with Gasteiger partial charge in [-0.05, 0) is 6.42 Å². The van der Waals surface area contributed by atoms with Gasteiger partial charge >= 0.3 is 0 Å². The van der Waals surface area contributed by atoms with E-state index in [0.717, 1.165) is 43.6 Å². The van der Waals surface area contributed by atoms with E-state index in [2.05, 4.69) is 21.0 Å². The largest absolute Gasteiger partial charge is 0.396 e. The van der Waals surface area contributed by atoms with Crippen molar-refractivity contribution < 1.29 is 14.3 Å². The minimum atomic E-state index is 0.303. The van der Waals surface area contributed by atoms with Gasteiger partial charge in [-0.25, -0.2) is 0 Å². The zero-order valence-corrected chi connectivity index (χ0v) is 19.2. The molecule has 0 aromatic carbocycles. The molecule has 0 unspecified atom stereocenters. The molecule has 0 saturated heterocycles. The minimum absolute atomic E-state index is 0.303. The Kier molecular flexibility index (Phi) is 20.5. The monoisotopic (exact) mass is 386 g/mol. The van der Waals surface area contributed by atoms with Gasteiger partial charge in [0.25, 0.3) is 0 Å². The second kappa shape index (κ2) is 20.6. The lowest BCUT2D eigenvalue weighted by Crippen LogP contribution is -2.41. The molecule has 3 nitrogen and oxygen atoms in total. The van der Waals surface area contributed by atoms with Crippen LogP contribution in [0.25, 0.3) is 0 Å². The minimum Gasteiger partial charge on any atom is -0.396 e. The van der Waals surface area contributed by atoms with Gasteiger partial charge in [-0.15, -0.1) is 0 Å². The van der Waals surface area contributed by atoms with Crippen LogP contribution in [0.2, 0.25) is 0 Å². The van der Waals surface area contributed by atoms with Crippen molar-refractivity contribution in [3.05, 3.63) is 0 Å². The van der Waals surface area contributed by atoms with Crippen LogP contribution >= 0.6 is 0 Å². The van der Waals surface area contributed by atoms with E-state index in [9.17, 15) is 0 Å². The maximum absolute atomic E-state index is 8.92. The van der Waals surface area contributed by atoms with Crippen molar-refractivity contribution in [1.29, 1.82) is 0 Å². The van der Waals surface area contributed by atoms with E-state index in [4.69, 9.17) is 9.84 Å². The quantitative estimate of drug-likeness (QED) is 0.174. The number of hydrogen-bond donors (Lipinski definition) is 1. The average Bonchev–Trinajstić information content (AvgIpc) is 2.65. The van der Waals surface area contributed by atoms with Gasteiger partial charge in [-0.3, -0.25) is 0 Å². The average molecular weight is 387 g/mol. The van der Waals surface area contributed by atoms with Crippen molar-refractivity contribution in [2.45, 2.75) is 110 Å². The van der Waals surface area contributed by atoms with Gasteiger partial charge in [-0.1, -0.05) is 90.4 Å². The fourth-order valence-electron chi connectivity index (χ4n) is 3.71. The van der Waals surface area contributed by atoms with Crippen molar-refractivity contribution in [2.24, 2.45) is 0 Å². The summed E-state index contributed by atoms with van der Waals surface area (Å²) >= 11 is 0. The van der Waals surface area contributed by atoms with Gasteiger partial charge in [0.05, 0.1) is 33.8 Å². The SMILES string of the molecule is CCCCCCCCCCCCCCCCOCCC[N+](C)(C)CCCO. The summed E-state index contributed by atoms with van der Waals surface area (Å²) in [4.78, 5) is 0. The number of aliphatic hydroxyl groups is 1. The lowest BCUT2D eigenvalue weighted by molar-refractivity contribution is -0.890. The van der Waals surface area contributed by atoms with Crippen LogP contribution in [0.1, 0.15) is 110 Å². The Balaban J connectivity index is 3.13. The zero-order chi connectivity index (χ0) is 20.1. The second-order valence-electron chi connectivity index (χ2n) is 9.02. The molecule has 27 heavy (non-hydrogen) atoms. The Morgan fingerprint density at radius 3 is 1.44 bits per heavy atom.